The average molecular weight is 351 g/mol. The highest BCUT2D eigenvalue weighted by Crippen LogP contribution is 2.25. The molecule has 0 saturated carbocycles. The standard InChI is InChI=1S/C15H20ClFN2O2.ClH/c1-10(21-14-3-2-12(17)8-13(14)16)15(20)19-7-5-11-4-6-18-9-11;/h2-3,8,10-11,18H,4-7,9H2,1H3,(H,19,20);1H. The van der Waals surface area contributed by atoms with Gasteiger partial charge >= 0.3 is 0 Å². The maximum Gasteiger partial charge on any atom is 0.260 e. The molecule has 1 fully saturated rings. The van der Waals surface area contributed by atoms with Crippen LogP contribution >= 0.6 is 24.0 Å². The molecular weight excluding hydrogens is 330 g/mol. The van der Waals surface area contributed by atoms with Crippen LogP contribution in [0.3, 0.4) is 0 Å². The molecule has 0 aliphatic carbocycles. The van der Waals surface area contributed by atoms with Gasteiger partial charge in [-0.1, -0.05) is 11.6 Å². The number of carbonyl (C=O) groups excluding carboxylic acids is 1. The first kappa shape index (κ1) is 19.0. The summed E-state index contributed by atoms with van der Waals surface area (Å²) in [6.07, 6.45) is 1.45. The van der Waals surface area contributed by atoms with Crippen molar-refractivity contribution in [3.63, 3.8) is 0 Å². The fourth-order valence-electron chi connectivity index (χ4n) is 2.32. The highest BCUT2D eigenvalue weighted by molar-refractivity contribution is 6.32. The lowest BCUT2D eigenvalue weighted by atomic mass is 10.1. The molecule has 2 rings (SSSR count). The van der Waals surface area contributed by atoms with Crippen molar-refractivity contribution in [1.82, 2.24) is 10.6 Å². The molecule has 124 valence electrons. The molecule has 7 heteroatoms. The monoisotopic (exact) mass is 350 g/mol. The summed E-state index contributed by atoms with van der Waals surface area (Å²) in [6, 6.07) is 3.83. The highest BCUT2D eigenvalue weighted by Gasteiger charge is 2.18. The van der Waals surface area contributed by atoms with Crippen LogP contribution in [0.1, 0.15) is 19.8 Å². The number of rotatable bonds is 6. The van der Waals surface area contributed by atoms with E-state index in [4.69, 9.17) is 16.3 Å². The SMILES string of the molecule is CC(Oc1ccc(F)cc1Cl)C(=O)NCCC1CCNC1.Cl. The van der Waals surface area contributed by atoms with Gasteiger partial charge in [-0.05, 0) is 57.0 Å². The van der Waals surface area contributed by atoms with Crippen LogP contribution in [0.2, 0.25) is 5.02 Å². The van der Waals surface area contributed by atoms with Gasteiger partial charge in [0.1, 0.15) is 11.6 Å². The second-order valence-corrected chi connectivity index (χ2v) is 5.68. The summed E-state index contributed by atoms with van der Waals surface area (Å²) in [5.41, 5.74) is 0. The summed E-state index contributed by atoms with van der Waals surface area (Å²) < 4.78 is 18.4. The van der Waals surface area contributed by atoms with Gasteiger partial charge in [0.05, 0.1) is 5.02 Å². The molecule has 1 heterocycles. The predicted octanol–water partition coefficient (Wildman–Crippen LogP) is 2.78. The number of hydrogen-bond acceptors (Lipinski definition) is 3. The first-order valence-corrected chi connectivity index (χ1v) is 7.54. The van der Waals surface area contributed by atoms with Gasteiger partial charge < -0.3 is 15.4 Å². The highest BCUT2D eigenvalue weighted by atomic mass is 35.5. The van der Waals surface area contributed by atoms with E-state index in [1.807, 2.05) is 0 Å². The maximum absolute atomic E-state index is 12.9. The number of halogens is 3. The molecule has 0 bridgehead atoms. The van der Waals surface area contributed by atoms with Crippen LogP contribution in [0, 0.1) is 11.7 Å². The van der Waals surface area contributed by atoms with E-state index < -0.39 is 11.9 Å². The largest absolute Gasteiger partial charge is 0.479 e. The molecule has 0 aromatic heterocycles. The zero-order chi connectivity index (χ0) is 15.2. The Morgan fingerprint density at radius 3 is 3.00 bits per heavy atom. The molecule has 1 aliphatic rings. The molecule has 1 aromatic carbocycles. The van der Waals surface area contributed by atoms with Gasteiger partial charge in [-0.2, -0.15) is 0 Å². The summed E-state index contributed by atoms with van der Waals surface area (Å²) in [5, 5.41) is 6.30. The Balaban J connectivity index is 0.00000242. The number of benzene rings is 1. The Morgan fingerprint density at radius 2 is 2.36 bits per heavy atom. The van der Waals surface area contributed by atoms with Gasteiger partial charge in [0.2, 0.25) is 0 Å². The Morgan fingerprint density at radius 1 is 1.59 bits per heavy atom. The molecule has 2 unspecified atom stereocenters. The molecule has 0 radical (unpaired) electrons. The molecule has 2 atom stereocenters. The van der Waals surface area contributed by atoms with Crippen molar-refractivity contribution in [3.8, 4) is 5.75 Å². The summed E-state index contributed by atoms with van der Waals surface area (Å²) in [7, 11) is 0. The third kappa shape index (κ3) is 5.63. The van der Waals surface area contributed by atoms with Crippen molar-refractivity contribution in [1.29, 1.82) is 0 Å². The van der Waals surface area contributed by atoms with Crippen LogP contribution in [0.15, 0.2) is 18.2 Å². The lowest BCUT2D eigenvalue weighted by Gasteiger charge is -2.16. The van der Waals surface area contributed by atoms with E-state index in [2.05, 4.69) is 10.6 Å². The summed E-state index contributed by atoms with van der Waals surface area (Å²) in [6.45, 7) is 4.36. The van der Waals surface area contributed by atoms with E-state index in [-0.39, 0.29) is 23.3 Å². The maximum atomic E-state index is 12.9. The first-order chi connectivity index (χ1) is 10.1. The summed E-state index contributed by atoms with van der Waals surface area (Å²) in [4.78, 5) is 11.9. The molecule has 1 aliphatic heterocycles. The van der Waals surface area contributed by atoms with Gasteiger partial charge in [0.15, 0.2) is 6.10 Å². The zero-order valence-electron chi connectivity index (χ0n) is 12.4. The van der Waals surface area contributed by atoms with Gasteiger partial charge in [0, 0.05) is 6.54 Å². The van der Waals surface area contributed by atoms with Gasteiger partial charge in [-0.15, -0.1) is 12.4 Å². The molecule has 1 amide bonds. The van der Waals surface area contributed by atoms with Crippen LogP contribution in [-0.4, -0.2) is 31.6 Å². The molecule has 1 aromatic rings. The minimum atomic E-state index is -0.672. The number of carbonyl (C=O) groups is 1. The van der Waals surface area contributed by atoms with E-state index in [9.17, 15) is 9.18 Å². The van der Waals surface area contributed by atoms with Crippen molar-refractivity contribution in [3.05, 3.63) is 29.0 Å². The van der Waals surface area contributed by atoms with E-state index in [1.54, 1.807) is 6.92 Å². The van der Waals surface area contributed by atoms with Crippen LogP contribution in [0.5, 0.6) is 5.75 Å². The number of amides is 1. The van der Waals surface area contributed by atoms with Crippen molar-refractivity contribution >= 4 is 29.9 Å². The quantitative estimate of drug-likeness (QED) is 0.829. The fourth-order valence-corrected chi connectivity index (χ4v) is 2.53. The number of ether oxygens (including phenoxy) is 1. The Hall–Kier alpha value is -1.04. The van der Waals surface area contributed by atoms with Gasteiger partial charge in [-0.3, -0.25) is 4.79 Å². The first-order valence-electron chi connectivity index (χ1n) is 7.16. The van der Waals surface area contributed by atoms with Crippen LogP contribution in [0.4, 0.5) is 4.39 Å². The lowest BCUT2D eigenvalue weighted by molar-refractivity contribution is -0.127. The van der Waals surface area contributed by atoms with Crippen LogP contribution < -0.4 is 15.4 Å². The summed E-state index contributed by atoms with van der Waals surface area (Å²) in [5.74, 6) is 0.310. The third-order valence-corrected chi connectivity index (χ3v) is 3.88. The fraction of sp³-hybridized carbons (Fsp3) is 0.533. The second kappa shape index (κ2) is 9.18. The smallest absolute Gasteiger partial charge is 0.260 e. The molecule has 2 N–H and O–H groups in total. The Kier molecular flexibility index (Phi) is 7.93. The zero-order valence-corrected chi connectivity index (χ0v) is 14.0. The van der Waals surface area contributed by atoms with Crippen molar-refractivity contribution in [2.24, 2.45) is 5.92 Å². The van der Waals surface area contributed by atoms with Crippen molar-refractivity contribution in [2.75, 3.05) is 19.6 Å². The predicted molar refractivity (Wildman–Crippen MR) is 87.4 cm³/mol. The van der Waals surface area contributed by atoms with E-state index >= 15 is 0 Å². The van der Waals surface area contributed by atoms with E-state index in [0.29, 0.717) is 18.2 Å². The molecule has 1 saturated heterocycles. The normalized spacial score (nSPS) is 18.4. The van der Waals surface area contributed by atoms with E-state index in [1.165, 1.54) is 12.1 Å². The van der Waals surface area contributed by atoms with E-state index in [0.717, 1.165) is 32.0 Å². The topological polar surface area (TPSA) is 50.4 Å². The minimum Gasteiger partial charge on any atom is -0.479 e. The average Bonchev–Trinajstić information content (AvgIpc) is 2.95. The lowest BCUT2D eigenvalue weighted by Crippen LogP contribution is -2.37. The van der Waals surface area contributed by atoms with Crippen molar-refractivity contribution in [2.45, 2.75) is 25.9 Å². The van der Waals surface area contributed by atoms with Crippen molar-refractivity contribution < 1.29 is 13.9 Å². The minimum absolute atomic E-state index is 0. The Labute approximate surface area is 141 Å². The third-order valence-electron chi connectivity index (χ3n) is 3.58. The molecule has 4 nitrogen and oxygen atoms in total. The molecule has 0 spiro atoms. The molecule has 22 heavy (non-hydrogen) atoms. The number of hydrogen-bond donors (Lipinski definition) is 2. The van der Waals surface area contributed by atoms with Crippen LogP contribution in [-0.2, 0) is 4.79 Å². The number of nitrogens with one attached hydrogen (secondary N) is 2. The Bertz CT molecular complexity index is 496. The van der Waals surface area contributed by atoms with Crippen LogP contribution in [0.25, 0.3) is 0 Å². The second-order valence-electron chi connectivity index (χ2n) is 5.27. The molecular formula is C15H21Cl2FN2O2. The van der Waals surface area contributed by atoms with Gasteiger partial charge in [-0.25, -0.2) is 4.39 Å². The van der Waals surface area contributed by atoms with Gasteiger partial charge in [0.25, 0.3) is 5.91 Å². The summed E-state index contributed by atoms with van der Waals surface area (Å²) >= 11 is 5.87.